The molecule has 1 saturated heterocycles. The molecule has 2 rings (SSSR count). The fraction of sp³-hybridized carbons (Fsp3) is 0.929. The number of amides is 1. The number of carbonyl (C=O) groups is 1. The second kappa shape index (κ2) is 6.53. The Hall–Kier alpha value is -0.610. The van der Waals surface area contributed by atoms with Crippen LogP contribution in [0.4, 0.5) is 0 Å². The molecule has 0 spiro atoms. The van der Waals surface area contributed by atoms with E-state index in [1.807, 2.05) is 0 Å². The van der Waals surface area contributed by atoms with Crippen molar-refractivity contribution in [3.63, 3.8) is 0 Å². The highest BCUT2D eigenvalue weighted by atomic mass is 16.5. The summed E-state index contributed by atoms with van der Waals surface area (Å²) >= 11 is 0. The average Bonchev–Trinajstić information content (AvgIpc) is 2.82. The van der Waals surface area contributed by atoms with Crippen molar-refractivity contribution in [2.24, 2.45) is 5.92 Å². The monoisotopic (exact) mass is 255 g/mol. The summed E-state index contributed by atoms with van der Waals surface area (Å²) in [6.45, 7) is 0.817. The van der Waals surface area contributed by atoms with Gasteiger partial charge in [-0.05, 0) is 12.3 Å². The van der Waals surface area contributed by atoms with Gasteiger partial charge in [0.25, 0.3) is 0 Å². The van der Waals surface area contributed by atoms with Crippen LogP contribution in [-0.2, 0) is 9.53 Å². The zero-order valence-corrected chi connectivity index (χ0v) is 11.3. The van der Waals surface area contributed by atoms with E-state index in [0.717, 1.165) is 12.3 Å². The third-order valence-corrected chi connectivity index (χ3v) is 4.40. The molecule has 1 N–H and O–H groups in total. The maximum absolute atomic E-state index is 12.1. The standard InChI is InChI=1S/C14H25NO3/c1-15(12-9-18-10-13(12)16)14(17)8-7-11-5-3-2-4-6-11/h11-13,16H,2-10H2,1H3/t12-,13-/m1/s1. The van der Waals surface area contributed by atoms with Crippen LogP contribution in [0.3, 0.4) is 0 Å². The molecule has 0 aromatic heterocycles. The zero-order chi connectivity index (χ0) is 13.0. The third-order valence-electron chi connectivity index (χ3n) is 4.40. The maximum Gasteiger partial charge on any atom is 0.222 e. The van der Waals surface area contributed by atoms with Crippen molar-refractivity contribution in [3.05, 3.63) is 0 Å². The number of ether oxygens (including phenoxy) is 1. The topological polar surface area (TPSA) is 49.8 Å². The lowest BCUT2D eigenvalue weighted by Crippen LogP contribution is -2.44. The van der Waals surface area contributed by atoms with Crippen LogP contribution in [-0.4, -0.2) is 48.3 Å². The van der Waals surface area contributed by atoms with Gasteiger partial charge in [0, 0.05) is 13.5 Å². The summed E-state index contributed by atoms with van der Waals surface area (Å²) in [6.07, 6.45) is 7.67. The number of carbonyl (C=O) groups excluding carboxylic acids is 1. The largest absolute Gasteiger partial charge is 0.388 e. The molecule has 1 aliphatic carbocycles. The Morgan fingerprint density at radius 3 is 2.61 bits per heavy atom. The molecule has 1 heterocycles. The van der Waals surface area contributed by atoms with Crippen molar-refractivity contribution in [1.82, 2.24) is 4.90 Å². The van der Waals surface area contributed by atoms with Crippen LogP contribution < -0.4 is 0 Å². The van der Waals surface area contributed by atoms with Crippen LogP contribution in [0, 0.1) is 5.92 Å². The molecule has 104 valence electrons. The molecule has 1 amide bonds. The molecule has 2 fully saturated rings. The summed E-state index contributed by atoms with van der Waals surface area (Å²) in [5, 5.41) is 9.71. The Bertz CT molecular complexity index is 276. The minimum Gasteiger partial charge on any atom is -0.388 e. The molecule has 0 radical (unpaired) electrons. The Labute approximate surface area is 109 Å². The molecule has 0 aromatic carbocycles. The second-order valence-corrected chi connectivity index (χ2v) is 5.72. The van der Waals surface area contributed by atoms with Gasteiger partial charge in [-0.2, -0.15) is 0 Å². The highest BCUT2D eigenvalue weighted by Gasteiger charge is 2.32. The van der Waals surface area contributed by atoms with Crippen molar-refractivity contribution < 1.29 is 14.6 Å². The minimum atomic E-state index is -0.520. The lowest BCUT2D eigenvalue weighted by Gasteiger charge is -2.27. The van der Waals surface area contributed by atoms with E-state index in [4.69, 9.17) is 4.74 Å². The van der Waals surface area contributed by atoms with Gasteiger partial charge >= 0.3 is 0 Å². The molecule has 2 aliphatic rings. The highest BCUT2D eigenvalue weighted by molar-refractivity contribution is 5.76. The van der Waals surface area contributed by atoms with Crippen LogP contribution >= 0.6 is 0 Å². The number of rotatable bonds is 4. The number of hydrogen-bond acceptors (Lipinski definition) is 3. The summed E-state index contributed by atoms with van der Waals surface area (Å²) in [7, 11) is 1.78. The van der Waals surface area contributed by atoms with E-state index >= 15 is 0 Å². The smallest absolute Gasteiger partial charge is 0.222 e. The predicted molar refractivity (Wildman–Crippen MR) is 69.2 cm³/mol. The molecule has 0 unspecified atom stereocenters. The van der Waals surface area contributed by atoms with Gasteiger partial charge in [0.1, 0.15) is 0 Å². The summed E-state index contributed by atoms with van der Waals surface area (Å²) in [5.41, 5.74) is 0. The molecule has 18 heavy (non-hydrogen) atoms. The first-order valence-corrected chi connectivity index (χ1v) is 7.20. The third kappa shape index (κ3) is 3.45. The van der Waals surface area contributed by atoms with Gasteiger partial charge < -0.3 is 14.7 Å². The van der Waals surface area contributed by atoms with Crippen molar-refractivity contribution in [2.45, 2.75) is 57.1 Å². The van der Waals surface area contributed by atoms with Crippen LogP contribution in [0.2, 0.25) is 0 Å². The van der Waals surface area contributed by atoms with E-state index in [1.165, 1.54) is 32.1 Å². The van der Waals surface area contributed by atoms with Crippen LogP contribution in [0.5, 0.6) is 0 Å². The molecule has 0 bridgehead atoms. The number of aliphatic hydroxyl groups is 1. The molecule has 0 aromatic rings. The van der Waals surface area contributed by atoms with Gasteiger partial charge in [0.05, 0.1) is 25.4 Å². The van der Waals surface area contributed by atoms with Gasteiger partial charge in [0.15, 0.2) is 0 Å². The van der Waals surface area contributed by atoms with Crippen molar-refractivity contribution in [1.29, 1.82) is 0 Å². The van der Waals surface area contributed by atoms with Crippen LogP contribution in [0.25, 0.3) is 0 Å². The van der Waals surface area contributed by atoms with E-state index in [9.17, 15) is 9.90 Å². The Morgan fingerprint density at radius 1 is 1.28 bits per heavy atom. The first-order valence-electron chi connectivity index (χ1n) is 7.20. The number of likely N-dealkylation sites (N-methyl/N-ethyl adjacent to an activating group) is 1. The van der Waals surface area contributed by atoms with Crippen molar-refractivity contribution in [3.8, 4) is 0 Å². The normalized spacial score (nSPS) is 29.4. The SMILES string of the molecule is CN(C(=O)CCC1CCCCC1)[C@@H]1COC[C@H]1O. The lowest BCUT2D eigenvalue weighted by atomic mass is 9.86. The van der Waals surface area contributed by atoms with E-state index in [2.05, 4.69) is 0 Å². The van der Waals surface area contributed by atoms with Crippen molar-refractivity contribution in [2.75, 3.05) is 20.3 Å². The molecule has 4 nitrogen and oxygen atoms in total. The molecule has 1 aliphatic heterocycles. The molecule has 4 heteroatoms. The molecular weight excluding hydrogens is 230 g/mol. The fourth-order valence-corrected chi connectivity index (χ4v) is 3.07. The summed E-state index contributed by atoms with van der Waals surface area (Å²) < 4.78 is 5.19. The van der Waals surface area contributed by atoms with Gasteiger partial charge in [0.2, 0.25) is 5.91 Å². The first kappa shape index (κ1) is 13.8. The van der Waals surface area contributed by atoms with Crippen LogP contribution in [0.1, 0.15) is 44.9 Å². The highest BCUT2D eigenvalue weighted by Crippen LogP contribution is 2.27. The Morgan fingerprint density at radius 2 is 2.00 bits per heavy atom. The van der Waals surface area contributed by atoms with Crippen molar-refractivity contribution >= 4 is 5.91 Å². The molecular formula is C14H25NO3. The van der Waals surface area contributed by atoms with Gasteiger partial charge in [-0.3, -0.25) is 4.79 Å². The average molecular weight is 255 g/mol. The van der Waals surface area contributed by atoms with E-state index < -0.39 is 6.10 Å². The first-order chi connectivity index (χ1) is 8.68. The van der Waals surface area contributed by atoms with E-state index in [1.54, 1.807) is 11.9 Å². The summed E-state index contributed by atoms with van der Waals surface area (Å²) in [5.74, 6) is 0.885. The quantitative estimate of drug-likeness (QED) is 0.829. The Kier molecular flexibility index (Phi) is 5.01. The zero-order valence-electron chi connectivity index (χ0n) is 11.3. The van der Waals surface area contributed by atoms with E-state index in [0.29, 0.717) is 19.6 Å². The van der Waals surface area contributed by atoms with E-state index in [-0.39, 0.29) is 11.9 Å². The van der Waals surface area contributed by atoms with Gasteiger partial charge in [-0.15, -0.1) is 0 Å². The summed E-state index contributed by atoms with van der Waals surface area (Å²) in [4.78, 5) is 13.8. The number of aliphatic hydroxyl groups excluding tert-OH is 1. The Balaban J connectivity index is 1.73. The lowest BCUT2D eigenvalue weighted by molar-refractivity contribution is -0.133. The molecule has 1 saturated carbocycles. The summed E-state index contributed by atoms with van der Waals surface area (Å²) in [6, 6.07) is -0.149. The second-order valence-electron chi connectivity index (χ2n) is 5.72. The number of nitrogens with zero attached hydrogens (tertiary/aromatic N) is 1. The predicted octanol–water partition coefficient (Wildman–Crippen LogP) is 1.56. The van der Waals surface area contributed by atoms with Gasteiger partial charge in [-0.25, -0.2) is 0 Å². The number of hydrogen-bond donors (Lipinski definition) is 1. The van der Waals surface area contributed by atoms with Gasteiger partial charge in [-0.1, -0.05) is 32.1 Å². The maximum atomic E-state index is 12.1. The fourth-order valence-electron chi connectivity index (χ4n) is 3.07. The molecule has 2 atom stereocenters. The minimum absolute atomic E-state index is 0.148. The van der Waals surface area contributed by atoms with Crippen LogP contribution in [0.15, 0.2) is 0 Å².